The first-order valence-electron chi connectivity index (χ1n) is 5.76. The lowest BCUT2D eigenvalue weighted by atomic mass is 10.00. The molecule has 0 saturated carbocycles. The molecule has 0 bridgehead atoms. The molecule has 0 atom stereocenters. The Kier molecular flexibility index (Phi) is 3.57. The van der Waals surface area contributed by atoms with Crippen LogP contribution in [0.1, 0.15) is 24.0 Å². The van der Waals surface area contributed by atoms with Crippen molar-refractivity contribution in [1.82, 2.24) is 4.90 Å². The molecule has 0 saturated heterocycles. The Morgan fingerprint density at radius 3 is 2.81 bits per heavy atom. The van der Waals surface area contributed by atoms with Crippen molar-refractivity contribution in [2.24, 2.45) is 0 Å². The molecule has 0 spiro atoms. The second-order valence-electron chi connectivity index (χ2n) is 4.16. The van der Waals surface area contributed by atoms with Crippen molar-refractivity contribution in [3.8, 4) is 0 Å². The van der Waals surface area contributed by atoms with Gasteiger partial charge in [-0.3, -0.25) is 4.79 Å². The van der Waals surface area contributed by atoms with Crippen molar-refractivity contribution < 1.29 is 9.90 Å². The summed E-state index contributed by atoms with van der Waals surface area (Å²) in [7, 11) is 0. The van der Waals surface area contributed by atoms with Crippen LogP contribution < -0.4 is 0 Å². The quantitative estimate of drug-likeness (QED) is 0.833. The van der Waals surface area contributed by atoms with Gasteiger partial charge in [-0.05, 0) is 24.0 Å². The van der Waals surface area contributed by atoms with Gasteiger partial charge in [0.05, 0.1) is 0 Å². The maximum atomic E-state index is 11.8. The lowest BCUT2D eigenvalue weighted by Gasteiger charge is -2.28. The molecule has 1 N–H and O–H groups in total. The zero-order valence-corrected chi connectivity index (χ0v) is 9.35. The predicted octanol–water partition coefficient (Wildman–Crippen LogP) is 1.34. The highest BCUT2D eigenvalue weighted by Crippen LogP contribution is 2.19. The number of aliphatic hydroxyl groups excluding tert-OH is 1. The van der Waals surface area contributed by atoms with E-state index in [-0.39, 0.29) is 12.5 Å². The molecule has 86 valence electrons. The van der Waals surface area contributed by atoms with Crippen molar-refractivity contribution >= 4 is 5.91 Å². The van der Waals surface area contributed by atoms with E-state index < -0.39 is 0 Å². The third-order valence-electron chi connectivity index (χ3n) is 3.03. The molecule has 1 amide bonds. The summed E-state index contributed by atoms with van der Waals surface area (Å²) in [6, 6.07) is 8.27. The molecule has 1 aromatic carbocycles. The first-order chi connectivity index (χ1) is 7.81. The maximum absolute atomic E-state index is 11.8. The summed E-state index contributed by atoms with van der Waals surface area (Å²) in [5, 5.41) is 8.70. The molecule has 0 fully saturated rings. The highest BCUT2D eigenvalue weighted by atomic mass is 16.3. The molecule has 1 aromatic rings. The van der Waals surface area contributed by atoms with Gasteiger partial charge in [-0.1, -0.05) is 24.3 Å². The highest BCUT2D eigenvalue weighted by molar-refractivity contribution is 5.76. The largest absolute Gasteiger partial charge is 0.396 e. The van der Waals surface area contributed by atoms with Gasteiger partial charge in [-0.2, -0.15) is 0 Å². The number of carbonyl (C=O) groups excluding carboxylic acids is 1. The van der Waals surface area contributed by atoms with Gasteiger partial charge in [-0.25, -0.2) is 0 Å². The number of hydrogen-bond acceptors (Lipinski definition) is 2. The SMILES string of the molecule is O=C(CCCO)N1CCc2ccccc2C1. The van der Waals surface area contributed by atoms with Crippen molar-refractivity contribution in [2.75, 3.05) is 13.2 Å². The van der Waals surface area contributed by atoms with E-state index in [0.717, 1.165) is 19.5 Å². The van der Waals surface area contributed by atoms with Crippen LogP contribution >= 0.6 is 0 Å². The van der Waals surface area contributed by atoms with Gasteiger partial charge in [0, 0.05) is 26.1 Å². The minimum absolute atomic E-state index is 0.0934. The smallest absolute Gasteiger partial charge is 0.222 e. The van der Waals surface area contributed by atoms with Crippen LogP contribution in [-0.4, -0.2) is 29.1 Å². The van der Waals surface area contributed by atoms with Crippen molar-refractivity contribution in [2.45, 2.75) is 25.8 Å². The van der Waals surface area contributed by atoms with Crippen LogP contribution in [-0.2, 0) is 17.8 Å². The van der Waals surface area contributed by atoms with E-state index in [1.807, 2.05) is 17.0 Å². The Bertz CT molecular complexity index is 376. The Morgan fingerprint density at radius 1 is 1.31 bits per heavy atom. The van der Waals surface area contributed by atoms with Crippen LogP contribution in [0.5, 0.6) is 0 Å². The lowest BCUT2D eigenvalue weighted by molar-refractivity contribution is -0.132. The molecule has 0 aromatic heterocycles. The van der Waals surface area contributed by atoms with Gasteiger partial charge < -0.3 is 10.0 Å². The van der Waals surface area contributed by atoms with Gasteiger partial charge in [-0.15, -0.1) is 0 Å². The van der Waals surface area contributed by atoms with Crippen LogP contribution in [0.4, 0.5) is 0 Å². The second kappa shape index (κ2) is 5.12. The van der Waals surface area contributed by atoms with Gasteiger partial charge in [0.25, 0.3) is 0 Å². The third kappa shape index (κ3) is 2.42. The fraction of sp³-hybridized carbons (Fsp3) is 0.462. The van der Waals surface area contributed by atoms with Crippen molar-refractivity contribution in [1.29, 1.82) is 0 Å². The average Bonchev–Trinajstić information content (AvgIpc) is 2.35. The summed E-state index contributed by atoms with van der Waals surface area (Å²) in [4.78, 5) is 13.7. The lowest BCUT2D eigenvalue weighted by Crippen LogP contribution is -2.35. The summed E-state index contributed by atoms with van der Waals surface area (Å²) in [6.07, 6.45) is 1.97. The normalized spacial score (nSPS) is 14.7. The van der Waals surface area contributed by atoms with Crippen LogP contribution in [0.25, 0.3) is 0 Å². The van der Waals surface area contributed by atoms with Crippen molar-refractivity contribution in [3.05, 3.63) is 35.4 Å². The van der Waals surface area contributed by atoms with Crippen LogP contribution in [0.15, 0.2) is 24.3 Å². The minimum Gasteiger partial charge on any atom is -0.396 e. The molecule has 1 heterocycles. The highest BCUT2D eigenvalue weighted by Gasteiger charge is 2.19. The Balaban J connectivity index is 1.99. The molecule has 0 aliphatic carbocycles. The number of rotatable bonds is 3. The van der Waals surface area contributed by atoms with Gasteiger partial charge >= 0.3 is 0 Å². The molecule has 0 radical (unpaired) electrons. The first-order valence-corrected chi connectivity index (χ1v) is 5.76. The number of benzene rings is 1. The molecular formula is C13H17NO2. The molecule has 1 aliphatic rings. The molecular weight excluding hydrogens is 202 g/mol. The molecule has 0 unspecified atom stereocenters. The number of aliphatic hydroxyl groups is 1. The number of carbonyl (C=O) groups is 1. The average molecular weight is 219 g/mol. The van der Waals surface area contributed by atoms with E-state index in [2.05, 4.69) is 12.1 Å². The molecule has 3 nitrogen and oxygen atoms in total. The van der Waals surface area contributed by atoms with E-state index in [1.54, 1.807) is 0 Å². The molecule has 16 heavy (non-hydrogen) atoms. The summed E-state index contributed by atoms with van der Waals surface area (Å²) >= 11 is 0. The summed E-state index contributed by atoms with van der Waals surface area (Å²) in [5.41, 5.74) is 2.61. The van der Waals surface area contributed by atoms with Crippen molar-refractivity contribution in [3.63, 3.8) is 0 Å². The molecule has 3 heteroatoms. The van der Waals surface area contributed by atoms with Crippen LogP contribution in [0, 0.1) is 0 Å². The van der Waals surface area contributed by atoms with E-state index in [0.29, 0.717) is 12.8 Å². The number of fused-ring (bicyclic) bond motifs is 1. The van der Waals surface area contributed by atoms with E-state index in [1.165, 1.54) is 11.1 Å². The standard InChI is InChI=1S/C13H17NO2/c15-9-3-6-13(16)14-8-7-11-4-1-2-5-12(11)10-14/h1-2,4-5,15H,3,6-10H2. The van der Waals surface area contributed by atoms with Gasteiger partial charge in [0.2, 0.25) is 5.91 Å². The molecule has 1 aliphatic heterocycles. The number of nitrogens with zero attached hydrogens (tertiary/aromatic N) is 1. The van der Waals surface area contributed by atoms with E-state index >= 15 is 0 Å². The molecule has 2 rings (SSSR count). The van der Waals surface area contributed by atoms with Crippen LogP contribution in [0.2, 0.25) is 0 Å². The topological polar surface area (TPSA) is 40.5 Å². The maximum Gasteiger partial charge on any atom is 0.222 e. The zero-order chi connectivity index (χ0) is 11.4. The van der Waals surface area contributed by atoms with E-state index in [9.17, 15) is 4.79 Å². The Hall–Kier alpha value is -1.35. The van der Waals surface area contributed by atoms with Gasteiger partial charge in [0.15, 0.2) is 0 Å². The fourth-order valence-corrected chi connectivity index (χ4v) is 2.10. The monoisotopic (exact) mass is 219 g/mol. The van der Waals surface area contributed by atoms with Crippen LogP contribution in [0.3, 0.4) is 0 Å². The summed E-state index contributed by atoms with van der Waals surface area (Å²) < 4.78 is 0. The minimum atomic E-state index is 0.0934. The summed E-state index contributed by atoms with van der Waals surface area (Å²) in [5.74, 6) is 0.156. The third-order valence-corrected chi connectivity index (χ3v) is 3.03. The first kappa shape index (κ1) is 11.1. The number of amides is 1. The Labute approximate surface area is 95.7 Å². The fourth-order valence-electron chi connectivity index (χ4n) is 2.10. The zero-order valence-electron chi connectivity index (χ0n) is 9.35. The number of hydrogen-bond donors (Lipinski definition) is 1. The predicted molar refractivity (Wildman–Crippen MR) is 61.9 cm³/mol. The van der Waals surface area contributed by atoms with Gasteiger partial charge in [0.1, 0.15) is 0 Å². The summed E-state index contributed by atoms with van der Waals surface area (Å²) in [6.45, 7) is 1.62. The Morgan fingerprint density at radius 2 is 2.06 bits per heavy atom. The van der Waals surface area contributed by atoms with E-state index in [4.69, 9.17) is 5.11 Å². The second-order valence-corrected chi connectivity index (χ2v) is 4.16.